The molecule has 3 heterocycles. The Labute approximate surface area is 144 Å². The third-order valence-electron chi connectivity index (χ3n) is 4.83. The predicted octanol–water partition coefficient (Wildman–Crippen LogP) is 2.46. The number of carbonyl (C=O) groups is 1. The summed E-state index contributed by atoms with van der Waals surface area (Å²) in [5, 5.41) is 3.46. The lowest BCUT2D eigenvalue weighted by Crippen LogP contribution is -2.44. The van der Waals surface area contributed by atoms with Crippen molar-refractivity contribution in [3.05, 3.63) is 30.1 Å². The molecule has 2 aliphatic heterocycles. The van der Waals surface area contributed by atoms with E-state index in [9.17, 15) is 4.79 Å². The van der Waals surface area contributed by atoms with Crippen LogP contribution in [0.3, 0.4) is 0 Å². The van der Waals surface area contributed by atoms with Crippen molar-refractivity contribution < 1.29 is 4.79 Å². The summed E-state index contributed by atoms with van der Waals surface area (Å²) >= 11 is 0. The van der Waals surface area contributed by atoms with E-state index >= 15 is 0 Å². The van der Waals surface area contributed by atoms with Gasteiger partial charge in [0.15, 0.2) is 0 Å². The molecule has 0 bridgehead atoms. The van der Waals surface area contributed by atoms with Crippen LogP contribution in [0.15, 0.2) is 24.4 Å². The Kier molecular flexibility index (Phi) is 7.60. The van der Waals surface area contributed by atoms with Gasteiger partial charge < -0.3 is 10.2 Å². The van der Waals surface area contributed by atoms with Crippen LogP contribution in [0, 0.1) is 5.41 Å². The number of nitrogens with zero attached hydrogens (tertiary/aromatic N) is 2. The maximum Gasteiger partial charge on any atom is 0.222 e. The van der Waals surface area contributed by atoms with Gasteiger partial charge in [-0.15, -0.1) is 24.8 Å². The Bertz CT molecular complexity index is 454. The Hall–Kier alpha value is -0.840. The molecule has 1 N–H and O–H groups in total. The van der Waals surface area contributed by atoms with Gasteiger partial charge in [-0.05, 0) is 49.8 Å². The largest absolute Gasteiger partial charge is 0.343 e. The van der Waals surface area contributed by atoms with E-state index < -0.39 is 0 Å². The number of carbonyl (C=O) groups excluding carboxylic acids is 1. The number of nitrogens with one attached hydrogen (secondary N) is 1. The first-order valence-corrected chi connectivity index (χ1v) is 7.66. The molecule has 1 aromatic heterocycles. The van der Waals surface area contributed by atoms with Crippen molar-refractivity contribution in [3.8, 4) is 0 Å². The first-order chi connectivity index (χ1) is 9.77. The van der Waals surface area contributed by atoms with E-state index in [1.54, 1.807) is 6.20 Å². The van der Waals surface area contributed by atoms with Crippen molar-refractivity contribution in [1.82, 2.24) is 15.2 Å². The monoisotopic (exact) mass is 345 g/mol. The van der Waals surface area contributed by atoms with Crippen LogP contribution in [-0.4, -0.2) is 42.0 Å². The van der Waals surface area contributed by atoms with Crippen molar-refractivity contribution in [2.75, 3.05) is 26.2 Å². The molecular formula is C16H25Cl2N3O. The molecular weight excluding hydrogens is 321 g/mol. The zero-order chi connectivity index (χ0) is 13.8. The summed E-state index contributed by atoms with van der Waals surface area (Å²) in [5.41, 5.74) is 1.49. The molecule has 1 aromatic rings. The van der Waals surface area contributed by atoms with Crippen molar-refractivity contribution in [2.45, 2.75) is 32.1 Å². The summed E-state index contributed by atoms with van der Waals surface area (Å²) in [4.78, 5) is 18.6. The molecule has 0 saturated carbocycles. The molecule has 0 unspecified atom stereocenters. The van der Waals surface area contributed by atoms with Crippen LogP contribution >= 0.6 is 24.8 Å². The number of aromatic nitrogens is 1. The zero-order valence-electron chi connectivity index (χ0n) is 12.8. The van der Waals surface area contributed by atoms with Gasteiger partial charge in [0, 0.05) is 37.9 Å². The number of aryl methyl sites for hydroxylation is 1. The normalized spacial score (nSPS) is 19.4. The molecule has 0 aromatic carbocycles. The number of amides is 1. The molecule has 22 heavy (non-hydrogen) atoms. The van der Waals surface area contributed by atoms with E-state index in [1.165, 1.54) is 6.42 Å². The van der Waals surface area contributed by atoms with Crippen LogP contribution < -0.4 is 5.32 Å². The van der Waals surface area contributed by atoms with Crippen LogP contribution in [0.25, 0.3) is 0 Å². The first kappa shape index (κ1) is 19.2. The van der Waals surface area contributed by atoms with Crippen LogP contribution in [0.4, 0.5) is 0 Å². The van der Waals surface area contributed by atoms with Gasteiger partial charge in [0.2, 0.25) is 5.91 Å². The molecule has 1 spiro atoms. The Balaban J connectivity index is 0.00000121. The minimum atomic E-state index is 0. The lowest BCUT2D eigenvalue weighted by molar-refractivity contribution is -0.133. The first-order valence-electron chi connectivity index (χ1n) is 7.66. The molecule has 6 heteroatoms. The highest BCUT2D eigenvalue weighted by Gasteiger charge is 2.37. The molecule has 1 amide bonds. The molecule has 3 rings (SSSR count). The number of likely N-dealkylation sites (tertiary alicyclic amines) is 1. The minimum Gasteiger partial charge on any atom is -0.343 e. The molecule has 2 fully saturated rings. The zero-order valence-corrected chi connectivity index (χ0v) is 14.4. The number of pyridine rings is 1. The summed E-state index contributed by atoms with van der Waals surface area (Å²) in [6.07, 6.45) is 6.73. The van der Waals surface area contributed by atoms with Gasteiger partial charge in [0.1, 0.15) is 0 Å². The van der Waals surface area contributed by atoms with Gasteiger partial charge in [-0.25, -0.2) is 0 Å². The number of hydrogen-bond donors (Lipinski definition) is 1. The van der Waals surface area contributed by atoms with Gasteiger partial charge in [0.05, 0.1) is 0 Å². The van der Waals surface area contributed by atoms with Gasteiger partial charge in [0.25, 0.3) is 0 Å². The second kappa shape index (κ2) is 8.70. The van der Waals surface area contributed by atoms with E-state index in [2.05, 4.69) is 10.3 Å². The van der Waals surface area contributed by atoms with E-state index in [4.69, 9.17) is 0 Å². The van der Waals surface area contributed by atoms with E-state index in [0.717, 1.165) is 51.1 Å². The smallest absolute Gasteiger partial charge is 0.222 e. The van der Waals surface area contributed by atoms with Crippen LogP contribution in [0.2, 0.25) is 0 Å². The van der Waals surface area contributed by atoms with Crippen molar-refractivity contribution in [1.29, 1.82) is 0 Å². The fourth-order valence-corrected chi connectivity index (χ4v) is 3.39. The number of rotatable bonds is 3. The molecule has 0 atom stereocenters. The molecule has 0 radical (unpaired) electrons. The maximum absolute atomic E-state index is 12.3. The van der Waals surface area contributed by atoms with Crippen molar-refractivity contribution in [3.63, 3.8) is 0 Å². The topological polar surface area (TPSA) is 45.2 Å². The average Bonchev–Trinajstić information content (AvgIpc) is 2.95. The fourth-order valence-electron chi connectivity index (χ4n) is 3.39. The van der Waals surface area contributed by atoms with Gasteiger partial charge in [-0.3, -0.25) is 9.78 Å². The highest BCUT2D eigenvalue weighted by molar-refractivity contribution is 5.85. The van der Waals surface area contributed by atoms with Crippen molar-refractivity contribution in [2.24, 2.45) is 5.41 Å². The Morgan fingerprint density at radius 2 is 2.00 bits per heavy atom. The standard InChI is InChI=1S/C16H23N3O.2ClH/c20-15(5-4-14-3-1-2-9-18-14)19-11-7-16(8-12-19)6-10-17-13-16;;/h1-3,9,17H,4-8,10-13H2;2*1H. The summed E-state index contributed by atoms with van der Waals surface area (Å²) < 4.78 is 0. The molecule has 124 valence electrons. The maximum atomic E-state index is 12.3. The minimum absolute atomic E-state index is 0. The quantitative estimate of drug-likeness (QED) is 0.915. The highest BCUT2D eigenvalue weighted by Crippen LogP contribution is 2.36. The fraction of sp³-hybridized carbons (Fsp3) is 0.625. The van der Waals surface area contributed by atoms with Crippen LogP contribution in [0.1, 0.15) is 31.4 Å². The summed E-state index contributed by atoms with van der Waals surface area (Å²) in [5.74, 6) is 0.288. The molecule has 4 nitrogen and oxygen atoms in total. The lowest BCUT2D eigenvalue weighted by atomic mass is 9.78. The third-order valence-corrected chi connectivity index (χ3v) is 4.83. The lowest BCUT2D eigenvalue weighted by Gasteiger charge is -2.39. The number of halogens is 2. The number of hydrogen-bond acceptors (Lipinski definition) is 3. The highest BCUT2D eigenvalue weighted by atomic mass is 35.5. The van der Waals surface area contributed by atoms with Gasteiger partial charge in [-0.1, -0.05) is 6.07 Å². The Morgan fingerprint density at radius 3 is 2.59 bits per heavy atom. The Morgan fingerprint density at radius 1 is 1.23 bits per heavy atom. The second-order valence-corrected chi connectivity index (χ2v) is 6.13. The second-order valence-electron chi connectivity index (χ2n) is 6.13. The van der Waals surface area contributed by atoms with E-state index in [0.29, 0.717) is 11.8 Å². The predicted molar refractivity (Wildman–Crippen MR) is 92.8 cm³/mol. The molecule has 2 saturated heterocycles. The molecule has 0 aliphatic carbocycles. The van der Waals surface area contributed by atoms with Crippen LogP contribution in [0.5, 0.6) is 0 Å². The number of piperidine rings is 1. The summed E-state index contributed by atoms with van der Waals surface area (Å²) in [6, 6.07) is 5.87. The summed E-state index contributed by atoms with van der Waals surface area (Å²) in [6.45, 7) is 4.15. The van der Waals surface area contributed by atoms with Crippen LogP contribution in [-0.2, 0) is 11.2 Å². The van der Waals surface area contributed by atoms with Crippen molar-refractivity contribution >= 4 is 30.7 Å². The van der Waals surface area contributed by atoms with E-state index in [-0.39, 0.29) is 30.7 Å². The average molecular weight is 346 g/mol. The van der Waals surface area contributed by atoms with E-state index in [1.807, 2.05) is 23.1 Å². The van der Waals surface area contributed by atoms with Gasteiger partial charge in [-0.2, -0.15) is 0 Å². The third kappa shape index (κ3) is 4.58. The van der Waals surface area contributed by atoms with Gasteiger partial charge >= 0.3 is 0 Å². The molecule has 2 aliphatic rings. The summed E-state index contributed by atoms with van der Waals surface area (Å²) in [7, 11) is 0. The SMILES string of the molecule is Cl.Cl.O=C(CCc1ccccn1)N1CCC2(CCNC2)CC1.